The van der Waals surface area contributed by atoms with Gasteiger partial charge in [0.25, 0.3) is 0 Å². The molecule has 0 radical (unpaired) electrons. The fraction of sp³-hybridized carbons (Fsp3) is 0.500. The van der Waals surface area contributed by atoms with Gasteiger partial charge in [0.05, 0.1) is 11.9 Å². The van der Waals surface area contributed by atoms with Gasteiger partial charge in [-0.05, 0) is 25.5 Å². The second-order valence-corrected chi connectivity index (χ2v) is 6.46. The highest BCUT2D eigenvalue weighted by atomic mass is 32.2. The van der Waals surface area contributed by atoms with Crippen LogP contribution in [0.1, 0.15) is 24.2 Å². The van der Waals surface area contributed by atoms with Crippen LogP contribution in [-0.2, 0) is 9.84 Å². The number of aryl methyl sites for hydroxylation is 1. The maximum Gasteiger partial charge on any atom is 0.150 e. The third-order valence-electron chi connectivity index (χ3n) is 2.33. The van der Waals surface area contributed by atoms with E-state index in [1.165, 1.54) is 6.26 Å². The van der Waals surface area contributed by atoms with Crippen LogP contribution in [-0.4, -0.2) is 32.1 Å². The first-order valence-corrected chi connectivity index (χ1v) is 7.45. The maximum atomic E-state index is 11.0. The highest BCUT2D eigenvalue weighted by molar-refractivity contribution is 7.90. The van der Waals surface area contributed by atoms with Crippen LogP contribution in [0.4, 0.5) is 0 Å². The van der Waals surface area contributed by atoms with Gasteiger partial charge in [0.1, 0.15) is 12.4 Å². The van der Waals surface area contributed by atoms with E-state index in [0.717, 1.165) is 5.56 Å². The number of benzene rings is 1. The average Bonchev–Trinajstić information content (AvgIpc) is 2.15. The Morgan fingerprint density at radius 1 is 1.41 bits per heavy atom. The van der Waals surface area contributed by atoms with E-state index in [1.807, 2.05) is 13.0 Å². The van der Waals surface area contributed by atoms with Gasteiger partial charge in [-0.3, -0.25) is 0 Å². The van der Waals surface area contributed by atoms with Crippen LogP contribution < -0.4 is 4.74 Å². The number of sulfone groups is 1. The molecule has 0 spiro atoms. The minimum Gasteiger partial charge on any atom is -0.492 e. The Labute approximate surface area is 102 Å². The van der Waals surface area contributed by atoms with Crippen molar-refractivity contribution in [2.45, 2.75) is 20.0 Å². The van der Waals surface area contributed by atoms with Crippen LogP contribution in [0.5, 0.6) is 5.75 Å². The minimum absolute atomic E-state index is 0.0276. The molecule has 0 unspecified atom stereocenters. The van der Waals surface area contributed by atoms with Crippen molar-refractivity contribution in [3.05, 3.63) is 29.3 Å². The van der Waals surface area contributed by atoms with Gasteiger partial charge in [0, 0.05) is 11.8 Å². The summed E-state index contributed by atoms with van der Waals surface area (Å²) in [5.41, 5.74) is 1.67. The number of rotatable bonds is 5. The molecule has 1 aromatic rings. The number of hydrogen-bond acceptors (Lipinski definition) is 4. The second-order valence-electron chi connectivity index (χ2n) is 4.20. The van der Waals surface area contributed by atoms with Crippen molar-refractivity contribution in [1.82, 2.24) is 0 Å². The van der Waals surface area contributed by atoms with E-state index in [1.54, 1.807) is 19.1 Å². The lowest BCUT2D eigenvalue weighted by Crippen LogP contribution is -2.13. The molecule has 96 valence electrons. The van der Waals surface area contributed by atoms with Gasteiger partial charge in [-0.1, -0.05) is 12.1 Å². The number of ether oxygens (including phenoxy) is 1. The van der Waals surface area contributed by atoms with E-state index in [-0.39, 0.29) is 12.4 Å². The van der Waals surface area contributed by atoms with Crippen molar-refractivity contribution in [3.8, 4) is 5.75 Å². The molecular formula is C12H18O4S. The largest absolute Gasteiger partial charge is 0.492 e. The lowest BCUT2D eigenvalue weighted by molar-refractivity contribution is 0.192. The molecule has 0 amide bonds. The number of aliphatic hydroxyl groups excluding tert-OH is 1. The van der Waals surface area contributed by atoms with Crippen LogP contribution in [0, 0.1) is 6.92 Å². The van der Waals surface area contributed by atoms with Gasteiger partial charge in [-0.15, -0.1) is 0 Å². The molecule has 17 heavy (non-hydrogen) atoms. The molecule has 0 saturated heterocycles. The van der Waals surface area contributed by atoms with Crippen LogP contribution >= 0.6 is 0 Å². The Hall–Kier alpha value is -1.07. The van der Waals surface area contributed by atoms with Crippen LogP contribution in [0.25, 0.3) is 0 Å². The van der Waals surface area contributed by atoms with Crippen molar-refractivity contribution < 1.29 is 18.3 Å². The van der Waals surface area contributed by atoms with E-state index in [2.05, 4.69) is 0 Å². The first-order valence-electron chi connectivity index (χ1n) is 5.39. The lowest BCUT2D eigenvalue weighted by atomic mass is 10.1. The Balaban J connectivity index is 2.79. The molecule has 4 nitrogen and oxygen atoms in total. The quantitative estimate of drug-likeness (QED) is 0.868. The summed E-state index contributed by atoms with van der Waals surface area (Å²) >= 11 is 0. The zero-order valence-corrected chi connectivity index (χ0v) is 11.1. The van der Waals surface area contributed by atoms with Crippen LogP contribution in [0.3, 0.4) is 0 Å². The molecule has 0 aliphatic carbocycles. The molecule has 0 saturated carbocycles. The van der Waals surface area contributed by atoms with E-state index in [9.17, 15) is 13.5 Å². The molecule has 0 heterocycles. The zero-order chi connectivity index (χ0) is 13.1. The van der Waals surface area contributed by atoms with Gasteiger partial charge in [-0.25, -0.2) is 8.42 Å². The fourth-order valence-corrected chi connectivity index (χ4v) is 1.80. The molecule has 5 heteroatoms. The predicted octanol–water partition coefficient (Wildman–Crippen LogP) is 1.47. The Morgan fingerprint density at radius 2 is 2.06 bits per heavy atom. The third kappa shape index (κ3) is 4.75. The molecule has 1 rings (SSSR count). The average molecular weight is 258 g/mol. The molecule has 0 fully saturated rings. The SMILES string of the molecule is Cc1ccc([C@H](C)O)c(OCCS(C)(=O)=O)c1. The van der Waals surface area contributed by atoms with Crippen molar-refractivity contribution in [2.24, 2.45) is 0 Å². The summed E-state index contributed by atoms with van der Waals surface area (Å²) in [6.45, 7) is 3.66. The van der Waals surface area contributed by atoms with Gasteiger partial charge < -0.3 is 9.84 Å². The van der Waals surface area contributed by atoms with Gasteiger partial charge >= 0.3 is 0 Å². The number of hydrogen-bond donors (Lipinski definition) is 1. The highest BCUT2D eigenvalue weighted by Crippen LogP contribution is 2.26. The van der Waals surface area contributed by atoms with Crippen molar-refractivity contribution in [1.29, 1.82) is 0 Å². The Kier molecular flexibility index (Phi) is 4.54. The van der Waals surface area contributed by atoms with E-state index in [4.69, 9.17) is 4.74 Å². The Bertz CT molecular complexity index is 477. The number of aliphatic hydroxyl groups is 1. The first kappa shape index (κ1) is 14.0. The third-order valence-corrected chi connectivity index (χ3v) is 3.24. The molecular weight excluding hydrogens is 240 g/mol. The van der Waals surface area contributed by atoms with E-state index >= 15 is 0 Å². The fourth-order valence-electron chi connectivity index (χ4n) is 1.41. The zero-order valence-electron chi connectivity index (χ0n) is 10.3. The molecule has 0 aliphatic rings. The van der Waals surface area contributed by atoms with Crippen molar-refractivity contribution in [2.75, 3.05) is 18.6 Å². The smallest absolute Gasteiger partial charge is 0.150 e. The summed E-state index contributed by atoms with van der Waals surface area (Å²) in [6, 6.07) is 5.46. The van der Waals surface area contributed by atoms with Crippen molar-refractivity contribution >= 4 is 9.84 Å². The summed E-state index contributed by atoms with van der Waals surface area (Å²) in [5, 5.41) is 9.56. The second kappa shape index (κ2) is 5.51. The molecule has 0 bridgehead atoms. The molecule has 0 aromatic heterocycles. The topological polar surface area (TPSA) is 63.6 Å². The molecule has 1 aromatic carbocycles. The summed E-state index contributed by atoms with van der Waals surface area (Å²) < 4.78 is 27.4. The normalized spacial score (nSPS) is 13.4. The first-order chi connectivity index (χ1) is 7.79. The van der Waals surface area contributed by atoms with Crippen LogP contribution in [0.15, 0.2) is 18.2 Å². The molecule has 1 atom stereocenters. The maximum absolute atomic E-state index is 11.0. The summed E-state index contributed by atoms with van der Waals surface area (Å²) in [7, 11) is -3.02. The minimum atomic E-state index is -3.02. The molecule has 0 aliphatic heterocycles. The summed E-state index contributed by atoms with van der Waals surface area (Å²) in [5.74, 6) is 0.517. The van der Waals surface area contributed by atoms with E-state index < -0.39 is 15.9 Å². The van der Waals surface area contributed by atoms with Crippen LogP contribution in [0.2, 0.25) is 0 Å². The molecule has 1 N–H and O–H groups in total. The lowest BCUT2D eigenvalue weighted by Gasteiger charge is -2.13. The van der Waals surface area contributed by atoms with E-state index in [0.29, 0.717) is 11.3 Å². The van der Waals surface area contributed by atoms with Crippen molar-refractivity contribution in [3.63, 3.8) is 0 Å². The Morgan fingerprint density at radius 3 is 2.59 bits per heavy atom. The summed E-state index contributed by atoms with van der Waals surface area (Å²) in [4.78, 5) is 0. The highest BCUT2D eigenvalue weighted by Gasteiger charge is 2.10. The predicted molar refractivity (Wildman–Crippen MR) is 67.0 cm³/mol. The monoisotopic (exact) mass is 258 g/mol. The van der Waals surface area contributed by atoms with Gasteiger partial charge in [-0.2, -0.15) is 0 Å². The van der Waals surface area contributed by atoms with Gasteiger partial charge in [0.15, 0.2) is 9.84 Å². The standard InChI is InChI=1S/C12H18O4S/c1-9-4-5-11(10(2)13)12(8-9)16-6-7-17(3,14)15/h4-5,8,10,13H,6-7H2,1-3H3/t10-/m0/s1. The summed E-state index contributed by atoms with van der Waals surface area (Å²) in [6.07, 6.45) is 0.533. The van der Waals surface area contributed by atoms with Gasteiger partial charge in [0.2, 0.25) is 0 Å².